The number of ether oxygens (including phenoxy) is 2. The summed E-state index contributed by atoms with van der Waals surface area (Å²) in [6.07, 6.45) is 0.867. The van der Waals surface area contributed by atoms with Crippen molar-refractivity contribution < 1.29 is 19.4 Å². The van der Waals surface area contributed by atoms with Crippen LogP contribution < -0.4 is 15.0 Å². The number of aromatic nitrogens is 4. The van der Waals surface area contributed by atoms with E-state index >= 15 is 0 Å². The molecule has 2 aromatic carbocycles. The molecule has 0 fully saturated rings. The summed E-state index contributed by atoms with van der Waals surface area (Å²) in [5.74, 6) is 0.366. The molecular weight excluding hydrogens is 412 g/mol. The molecule has 0 aliphatic rings. The fourth-order valence-electron chi connectivity index (χ4n) is 3.36. The summed E-state index contributed by atoms with van der Waals surface area (Å²) >= 11 is 0. The van der Waals surface area contributed by atoms with Gasteiger partial charge in [-0.15, -0.1) is 0 Å². The Morgan fingerprint density at radius 3 is 2.72 bits per heavy atom. The maximum atomic E-state index is 12.3. The molecule has 2 aromatic heterocycles. The largest absolute Gasteiger partial charge is 0.493 e. The molecule has 2 heterocycles. The molecule has 0 saturated carbocycles. The van der Waals surface area contributed by atoms with Gasteiger partial charge in [0.2, 0.25) is 0 Å². The van der Waals surface area contributed by atoms with Gasteiger partial charge in [-0.3, -0.25) is 4.79 Å². The molecule has 0 radical (unpaired) electrons. The zero-order valence-corrected chi connectivity index (χ0v) is 17.6. The third kappa shape index (κ3) is 4.18. The van der Waals surface area contributed by atoms with Crippen molar-refractivity contribution in [2.45, 2.75) is 26.4 Å². The number of hydrogen-bond donors (Lipinski definition) is 3. The van der Waals surface area contributed by atoms with Gasteiger partial charge in [0.25, 0.3) is 5.56 Å². The van der Waals surface area contributed by atoms with Crippen molar-refractivity contribution >= 4 is 17.1 Å². The first-order chi connectivity index (χ1) is 15.5. The standard InChI is InChI=1S/C23H22N4O5/c1-3-17(23(29)30)32-15-7-5-6-13(10-15)14-8-9-16(18(11-14)31-4-2)20-26-21-19(22(28)27-20)24-12-25-21/h5-12,17H,3-4H2,1-2H3,(H,29,30)(H2,24,25,26,27,28)/t17-/m0/s1. The lowest BCUT2D eigenvalue weighted by molar-refractivity contribution is -0.145. The van der Waals surface area contributed by atoms with Crippen molar-refractivity contribution in [1.29, 1.82) is 0 Å². The number of nitrogens with one attached hydrogen (secondary N) is 2. The quantitative estimate of drug-likeness (QED) is 0.386. The molecule has 0 aliphatic carbocycles. The van der Waals surface area contributed by atoms with Crippen molar-refractivity contribution in [2.24, 2.45) is 0 Å². The highest BCUT2D eigenvalue weighted by atomic mass is 16.5. The van der Waals surface area contributed by atoms with Crippen molar-refractivity contribution in [1.82, 2.24) is 19.9 Å². The van der Waals surface area contributed by atoms with Crippen molar-refractivity contribution in [2.75, 3.05) is 6.61 Å². The SMILES string of the molecule is CCOc1cc(-c2cccc(O[C@@H](CC)C(=O)O)c2)ccc1-c1nc2nc[nH]c2c(=O)[nH]1. The lowest BCUT2D eigenvalue weighted by atomic mass is 10.0. The fourth-order valence-corrected chi connectivity index (χ4v) is 3.36. The monoisotopic (exact) mass is 434 g/mol. The Morgan fingerprint density at radius 2 is 1.97 bits per heavy atom. The second-order valence-corrected chi connectivity index (χ2v) is 7.04. The number of carboxylic acids is 1. The second-order valence-electron chi connectivity index (χ2n) is 7.04. The number of nitrogens with zero attached hydrogens (tertiary/aromatic N) is 2. The molecule has 9 nitrogen and oxygen atoms in total. The molecule has 4 aromatic rings. The van der Waals surface area contributed by atoms with Crippen LogP contribution in [0.5, 0.6) is 11.5 Å². The number of H-pyrrole nitrogens is 2. The summed E-state index contributed by atoms with van der Waals surface area (Å²) in [7, 11) is 0. The highest BCUT2D eigenvalue weighted by Crippen LogP contribution is 2.34. The maximum absolute atomic E-state index is 12.3. The van der Waals surface area contributed by atoms with Crippen LogP contribution >= 0.6 is 0 Å². The number of aromatic amines is 2. The summed E-state index contributed by atoms with van der Waals surface area (Å²) in [5, 5.41) is 9.25. The van der Waals surface area contributed by atoms with Gasteiger partial charge in [0.1, 0.15) is 17.3 Å². The summed E-state index contributed by atoms with van der Waals surface area (Å²) in [4.78, 5) is 37.7. The molecule has 9 heteroatoms. The van der Waals surface area contributed by atoms with Crippen LogP contribution in [-0.4, -0.2) is 43.7 Å². The van der Waals surface area contributed by atoms with Gasteiger partial charge in [-0.05, 0) is 48.7 Å². The molecule has 0 aliphatic heterocycles. The molecule has 32 heavy (non-hydrogen) atoms. The van der Waals surface area contributed by atoms with Gasteiger partial charge in [0.05, 0.1) is 18.5 Å². The summed E-state index contributed by atoms with van der Waals surface area (Å²) in [6.45, 7) is 4.05. The van der Waals surface area contributed by atoms with Gasteiger partial charge in [0, 0.05) is 0 Å². The summed E-state index contributed by atoms with van der Waals surface area (Å²) in [6, 6.07) is 12.7. The molecule has 0 unspecified atom stereocenters. The first-order valence-corrected chi connectivity index (χ1v) is 10.2. The third-order valence-corrected chi connectivity index (χ3v) is 4.92. The highest BCUT2D eigenvalue weighted by Gasteiger charge is 2.17. The normalized spacial score (nSPS) is 11.9. The van der Waals surface area contributed by atoms with Crippen LogP contribution in [0.1, 0.15) is 20.3 Å². The molecule has 0 amide bonds. The first kappa shape index (κ1) is 21.1. The Hall–Kier alpha value is -4.14. The van der Waals surface area contributed by atoms with Crippen LogP contribution in [0.4, 0.5) is 0 Å². The van der Waals surface area contributed by atoms with E-state index in [1.165, 1.54) is 6.33 Å². The Bertz CT molecular complexity index is 1330. The van der Waals surface area contributed by atoms with Crippen LogP contribution in [0, 0.1) is 0 Å². The molecular formula is C23H22N4O5. The Balaban J connectivity index is 1.72. The average Bonchev–Trinajstić information content (AvgIpc) is 3.27. The van der Waals surface area contributed by atoms with E-state index in [9.17, 15) is 14.7 Å². The number of benzene rings is 2. The minimum absolute atomic E-state index is 0.312. The van der Waals surface area contributed by atoms with Crippen LogP contribution in [0.25, 0.3) is 33.7 Å². The van der Waals surface area contributed by atoms with E-state index in [0.717, 1.165) is 11.1 Å². The van der Waals surface area contributed by atoms with Crippen molar-refractivity contribution in [3.63, 3.8) is 0 Å². The number of rotatable bonds is 8. The van der Waals surface area contributed by atoms with Crippen LogP contribution in [0.2, 0.25) is 0 Å². The predicted octanol–water partition coefficient (Wildman–Crippen LogP) is 3.62. The van der Waals surface area contributed by atoms with E-state index in [1.807, 2.05) is 31.2 Å². The fraction of sp³-hybridized carbons (Fsp3) is 0.217. The molecule has 0 bridgehead atoms. The zero-order chi connectivity index (χ0) is 22.7. The van der Waals surface area contributed by atoms with Gasteiger partial charge in [-0.1, -0.05) is 25.1 Å². The number of fused-ring (bicyclic) bond motifs is 1. The number of hydrogen-bond acceptors (Lipinski definition) is 6. The Morgan fingerprint density at radius 1 is 1.16 bits per heavy atom. The van der Waals surface area contributed by atoms with E-state index in [2.05, 4.69) is 19.9 Å². The van der Waals surface area contributed by atoms with Gasteiger partial charge in [0.15, 0.2) is 17.3 Å². The van der Waals surface area contributed by atoms with Gasteiger partial charge in [-0.2, -0.15) is 0 Å². The minimum atomic E-state index is -1.00. The average molecular weight is 434 g/mol. The number of carboxylic acid groups (broad SMARTS) is 1. The summed E-state index contributed by atoms with van der Waals surface area (Å²) < 4.78 is 11.4. The number of aliphatic carboxylic acids is 1. The lowest BCUT2D eigenvalue weighted by Gasteiger charge is -2.15. The molecule has 4 rings (SSSR count). The highest BCUT2D eigenvalue weighted by molar-refractivity contribution is 5.77. The molecule has 1 atom stereocenters. The Labute approximate surface area is 183 Å². The van der Waals surface area contributed by atoms with Crippen molar-refractivity contribution in [3.8, 4) is 34.0 Å². The zero-order valence-electron chi connectivity index (χ0n) is 17.6. The predicted molar refractivity (Wildman–Crippen MR) is 119 cm³/mol. The minimum Gasteiger partial charge on any atom is -0.493 e. The molecule has 3 N–H and O–H groups in total. The maximum Gasteiger partial charge on any atom is 0.344 e. The van der Waals surface area contributed by atoms with E-state index in [4.69, 9.17) is 9.47 Å². The van der Waals surface area contributed by atoms with Gasteiger partial charge in [-0.25, -0.2) is 14.8 Å². The van der Waals surface area contributed by atoms with Crippen LogP contribution in [0.15, 0.2) is 53.6 Å². The number of carbonyl (C=O) groups is 1. The van der Waals surface area contributed by atoms with Crippen LogP contribution in [-0.2, 0) is 4.79 Å². The number of imidazole rings is 1. The Kier molecular flexibility index (Phi) is 5.89. The first-order valence-electron chi connectivity index (χ1n) is 10.2. The molecule has 0 saturated heterocycles. The lowest BCUT2D eigenvalue weighted by Crippen LogP contribution is -2.25. The van der Waals surface area contributed by atoms with E-state index < -0.39 is 12.1 Å². The van der Waals surface area contributed by atoms with Gasteiger partial charge >= 0.3 is 5.97 Å². The van der Waals surface area contributed by atoms with Gasteiger partial charge < -0.3 is 24.5 Å². The third-order valence-electron chi connectivity index (χ3n) is 4.92. The topological polar surface area (TPSA) is 130 Å². The van der Waals surface area contributed by atoms with E-state index in [-0.39, 0.29) is 5.56 Å². The second kappa shape index (κ2) is 8.93. The van der Waals surface area contributed by atoms with Crippen molar-refractivity contribution in [3.05, 3.63) is 59.1 Å². The van der Waals surface area contributed by atoms with Crippen LogP contribution in [0.3, 0.4) is 0 Å². The summed E-state index contributed by atoms with van der Waals surface area (Å²) in [5.41, 5.74) is 2.62. The van der Waals surface area contributed by atoms with E-state index in [1.54, 1.807) is 25.1 Å². The molecule has 164 valence electrons. The molecule has 0 spiro atoms. The van der Waals surface area contributed by atoms with E-state index in [0.29, 0.717) is 47.1 Å². The smallest absolute Gasteiger partial charge is 0.344 e.